The number of nitrogens with zero attached hydrogens (tertiary/aromatic N) is 3. The van der Waals surface area contributed by atoms with Crippen molar-refractivity contribution < 1.29 is 0 Å². The number of hydrogen-bond donors (Lipinski definition) is 1. The molecule has 1 aromatic rings. The highest BCUT2D eigenvalue weighted by Crippen LogP contribution is 2.16. The predicted molar refractivity (Wildman–Crippen MR) is 79.3 cm³/mol. The molecule has 0 radical (unpaired) electrons. The number of piperidine rings is 1. The molecule has 0 bridgehead atoms. The highest BCUT2D eigenvalue weighted by molar-refractivity contribution is 5.29. The Balaban J connectivity index is 1.87. The van der Waals surface area contributed by atoms with E-state index >= 15 is 0 Å². The van der Waals surface area contributed by atoms with Crippen molar-refractivity contribution in [1.29, 1.82) is 0 Å². The summed E-state index contributed by atoms with van der Waals surface area (Å²) in [6.07, 6.45) is 7.34. The first-order valence-electron chi connectivity index (χ1n) is 7.43. The average molecular weight is 262 g/mol. The molecule has 19 heavy (non-hydrogen) atoms. The Bertz CT molecular complexity index is 366. The van der Waals surface area contributed by atoms with Crippen molar-refractivity contribution >= 4 is 5.95 Å². The first-order chi connectivity index (χ1) is 9.15. The van der Waals surface area contributed by atoms with Gasteiger partial charge in [0.05, 0.1) is 0 Å². The second-order valence-electron chi connectivity index (χ2n) is 6.03. The number of hydrogen-bond acceptors (Lipinski definition) is 4. The van der Waals surface area contributed by atoms with Crippen LogP contribution in [0.25, 0.3) is 0 Å². The fourth-order valence-corrected chi connectivity index (χ4v) is 2.93. The zero-order valence-electron chi connectivity index (χ0n) is 12.3. The highest BCUT2D eigenvalue weighted by Gasteiger charge is 2.22. The third-order valence-electron chi connectivity index (χ3n) is 3.60. The van der Waals surface area contributed by atoms with E-state index in [-0.39, 0.29) is 0 Å². The lowest BCUT2D eigenvalue weighted by Crippen LogP contribution is -2.49. The van der Waals surface area contributed by atoms with Gasteiger partial charge in [-0.05, 0) is 38.2 Å². The van der Waals surface area contributed by atoms with E-state index in [9.17, 15) is 0 Å². The van der Waals surface area contributed by atoms with Crippen molar-refractivity contribution in [2.45, 2.75) is 52.1 Å². The normalized spacial score (nSPS) is 21.7. The zero-order valence-corrected chi connectivity index (χ0v) is 12.3. The molecule has 106 valence electrons. The summed E-state index contributed by atoms with van der Waals surface area (Å²) < 4.78 is 0. The Hall–Kier alpha value is -1.16. The van der Waals surface area contributed by atoms with Crippen LogP contribution >= 0.6 is 0 Å². The summed E-state index contributed by atoms with van der Waals surface area (Å²) in [5, 5.41) is 3.75. The van der Waals surface area contributed by atoms with Gasteiger partial charge in [0.1, 0.15) is 0 Å². The summed E-state index contributed by atoms with van der Waals surface area (Å²) in [6, 6.07) is 3.02. The lowest BCUT2D eigenvalue weighted by molar-refractivity contribution is 0.350. The highest BCUT2D eigenvalue weighted by atomic mass is 15.3. The van der Waals surface area contributed by atoms with E-state index in [1.165, 1.54) is 19.3 Å². The first-order valence-corrected chi connectivity index (χ1v) is 7.43. The van der Waals surface area contributed by atoms with Gasteiger partial charge in [-0.2, -0.15) is 0 Å². The van der Waals surface area contributed by atoms with Gasteiger partial charge in [0.25, 0.3) is 0 Å². The first kappa shape index (κ1) is 14.3. The molecule has 0 saturated carbocycles. The van der Waals surface area contributed by atoms with E-state index in [0.717, 1.165) is 25.0 Å². The van der Waals surface area contributed by atoms with E-state index in [1.54, 1.807) is 0 Å². The molecule has 1 saturated heterocycles. The predicted octanol–water partition coefficient (Wildman–Crippen LogP) is 2.47. The molecule has 0 aromatic carbocycles. The number of anilines is 1. The van der Waals surface area contributed by atoms with Crippen molar-refractivity contribution in [3.8, 4) is 0 Å². The molecule has 0 spiro atoms. The van der Waals surface area contributed by atoms with Crippen molar-refractivity contribution in [1.82, 2.24) is 15.3 Å². The van der Waals surface area contributed by atoms with Crippen LogP contribution in [-0.4, -0.2) is 35.1 Å². The molecule has 2 unspecified atom stereocenters. The van der Waals surface area contributed by atoms with Crippen LogP contribution in [0, 0.1) is 5.92 Å². The topological polar surface area (TPSA) is 41.0 Å². The van der Waals surface area contributed by atoms with Gasteiger partial charge in [0, 0.05) is 37.6 Å². The molecule has 2 rings (SSSR count). The standard InChI is InChI=1S/C15H26N4/c1-12(2)10-13(3)18-14-6-4-9-19(11-14)15-16-7-5-8-17-15/h5,7-8,12-14,18H,4,6,9-11H2,1-3H3. The minimum atomic E-state index is 0.561. The van der Waals surface area contributed by atoms with E-state index < -0.39 is 0 Å². The van der Waals surface area contributed by atoms with Gasteiger partial charge in [-0.15, -0.1) is 0 Å². The molecule has 4 heteroatoms. The molecule has 0 aliphatic carbocycles. The SMILES string of the molecule is CC(C)CC(C)NC1CCCN(c2ncccn2)C1. The summed E-state index contributed by atoms with van der Waals surface area (Å²) in [5.74, 6) is 1.62. The summed E-state index contributed by atoms with van der Waals surface area (Å²) in [6.45, 7) is 8.94. The molecule has 1 aliphatic heterocycles. The van der Waals surface area contributed by atoms with Crippen molar-refractivity contribution in [2.75, 3.05) is 18.0 Å². The van der Waals surface area contributed by atoms with Crippen LogP contribution in [0.5, 0.6) is 0 Å². The lowest BCUT2D eigenvalue weighted by Gasteiger charge is -2.35. The van der Waals surface area contributed by atoms with E-state index in [4.69, 9.17) is 0 Å². The second-order valence-corrected chi connectivity index (χ2v) is 6.03. The average Bonchev–Trinajstić information content (AvgIpc) is 2.39. The van der Waals surface area contributed by atoms with Gasteiger partial charge >= 0.3 is 0 Å². The van der Waals surface area contributed by atoms with Gasteiger partial charge in [-0.1, -0.05) is 13.8 Å². The minimum absolute atomic E-state index is 0.561. The number of aromatic nitrogens is 2. The summed E-state index contributed by atoms with van der Waals surface area (Å²) in [7, 11) is 0. The number of rotatable bonds is 5. The second kappa shape index (κ2) is 6.85. The molecule has 0 amide bonds. The Kier molecular flexibility index (Phi) is 5.14. The van der Waals surface area contributed by atoms with Crippen LogP contribution in [0.4, 0.5) is 5.95 Å². The van der Waals surface area contributed by atoms with Crippen LogP contribution in [0.15, 0.2) is 18.5 Å². The Morgan fingerprint density at radius 2 is 2.05 bits per heavy atom. The smallest absolute Gasteiger partial charge is 0.225 e. The van der Waals surface area contributed by atoms with Crippen molar-refractivity contribution in [3.63, 3.8) is 0 Å². The third kappa shape index (κ3) is 4.46. The molecule has 1 aromatic heterocycles. The van der Waals surface area contributed by atoms with Gasteiger partial charge in [-0.25, -0.2) is 9.97 Å². The maximum absolute atomic E-state index is 4.35. The minimum Gasteiger partial charge on any atom is -0.339 e. The Morgan fingerprint density at radius 3 is 2.74 bits per heavy atom. The van der Waals surface area contributed by atoms with E-state index in [2.05, 4.69) is 41.0 Å². The summed E-state index contributed by atoms with van der Waals surface area (Å²) >= 11 is 0. The van der Waals surface area contributed by atoms with Crippen molar-refractivity contribution in [2.24, 2.45) is 5.92 Å². The molecule has 1 N–H and O–H groups in total. The molecular weight excluding hydrogens is 236 g/mol. The molecule has 2 atom stereocenters. The Morgan fingerprint density at radius 1 is 1.32 bits per heavy atom. The fourth-order valence-electron chi connectivity index (χ4n) is 2.93. The van der Waals surface area contributed by atoms with Gasteiger partial charge in [0.2, 0.25) is 5.95 Å². The maximum Gasteiger partial charge on any atom is 0.225 e. The van der Waals surface area contributed by atoms with E-state index in [1.807, 2.05) is 18.5 Å². The third-order valence-corrected chi connectivity index (χ3v) is 3.60. The molecule has 1 aliphatic rings. The van der Waals surface area contributed by atoms with E-state index in [0.29, 0.717) is 12.1 Å². The summed E-state index contributed by atoms with van der Waals surface area (Å²) in [4.78, 5) is 11.0. The monoisotopic (exact) mass is 262 g/mol. The van der Waals surface area contributed by atoms with Crippen molar-refractivity contribution in [3.05, 3.63) is 18.5 Å². The van der Waals surface area contributed by atoms with Crippen LogP contribution < -0.4 is 10.2 Å². The van der Waals surface area contributed by atoms with Crippen LogP contribution in [0.2, 0.25) is 0 Å². The fraction of sp³-hybridized carbons (Fsp3) is 0.733. The molecule has 1 fully saturated rings. The maximum atomic E-state index is 4.35. The van der Waals surface area contributed by atoms with Gasteiger partial charge < -0.3 is 10.2 Å². The quantitative estimate of drug-likeness (QED) is 0.885. The van der Waals surface area contributed by atoms with Crippen LogP contribution in [0.3, 0.4) is 0 Å². The molecule has 2 heterocycles. The van der Waals surface area contributed by atoms with Crippen LogP contribution in [0.1, 0.15) is 40.0 Å². The Labute approximate surface area is 116 Å². The molecule has 4 nitrogen and oxygen atoms in total. The largest absolute Gasteiger partial charge is 0.339 e. The van der Waals surface area contributed by atoms with Gasteiger partial charge in [-0.3, -0.25) is 0 Å². The zero-order chi connectivity index (χ0) is 13.7. The van der Waals surface area contributed by atoms with Crippen LogP contribution in [-0.2, 0) is 0 Å². The van der Waals surface area contributed by atoms with Gasteiger partial charge in [0.15, 0.2) is 0 Å². The molecular formula is C15H26N4. The number of nitrogens with one attached hydrogen (secondary N) is 1. The lowest BCUT2D eigenvalue weighted by atomic mass is 10.0. The summed E-state index contributed by atoms with van der Waals surface area (Å²) in [5.41, 5.74) is 0.